The van der Waals surface area contributed by atoms with E-state index in [4.69, 9.17) is 5.73 Å². The second-order valence-corrected chi connectivity index (χ2v) is 5.62. The van der Waals surface area contributed by atoms with Gasteiger partial charge in [0.25, 0.3) is 0 Å². The molecule has 96 valence electrons. The molecule has 0 amide bonds. The number of nitrogens with two attached hydrogens (primary N) is 1. The van der Waals surface area contributed by atoms with Gasteiger partial charge in [-0.15, -0.1) is 0 Å². The first-order valence-electron chi connectivity index (χ1n) is 5.26. The summed E-state index contributed by atoms with van der Waals surface area (Å²) in [6.45, 7) is 0.119. The Bertz CT molecular complexity index is 591. The second-order valence-electron chi connectivity index (χ2n) is 3.81. The van der Waals surface area contributed by atoms with Crippen molar-refractivity contribution in [2.75, 3.05) is 5.73 Å². The minimum absolute atomic E-state index is 0.0921. The van der Waals surface area contributed by atoms with Crippen LogP contribution in [-0.2, 0) is 22.3 Å². The van der Waals surface area contributed by atoms with E-state index >= 15 is 0 Å². The van der Waals surface area contributed by atoms with Gasteiger partial charge in [-0.05, 0) is 17.7 Å². The molecule has 0 atom stereocenters. The third kappa shape index (κ3) is 3.57. The predicted octanol–water partition coefficient (Wildman–Crippen LogP) is 0.876. The highest BCUT2D eigenvalue weighted by atomic mass is 32.2. The van der Waals surface area contributed by atoms with E-state index in [1.54, 1.807) is 30.3 Å². The van der Waals surface area contributed by atoms with Gasteiger partial charge >= 0.3 is 0 Å². The first kappa shape index (κ1) is 12.6. The predicted molar refractivity (Wildman–Crippen MR) is 66.8 cm³/mol. The van der Waals surface area contributed by atoms with Crippen LogP contribution in [-0.4, -0.2) is 13.6 Å². The molecule has 1 aromatic carbocycles. The monoisotopic (exact) mass is 267 g/mol. The van der Waals surface area contributed by atoms with Crippen molar-refractivity contribution in [2.24, 2.45) is 0 Å². The number of nitrogens with one attached hydrogen (secondary N) is 1. The first-order chi connectivity index (χ1) is 8.55. The molecule has 7 heteroatoms. The number of anilines is 1. The summed E-state index contributed by atoms with van der Waals surface area (Å²) in [5, 5.41) is 3.62. The second kappa shape index (κ2) is 5.19. The number of rotatable bonds is 5. The molecular weight excluding hydrogens is 254 g/mol. The largest absolute Gasteiger partial charge is 0.399 e. The van der Waals surface area contributed by atoms with Crippen LogP contribution in [0.5, 0.6) is 0 Å². The van der Waals surface area contributed by atoms with Crippen LogP contribution in [0.25, 0.3) is 0 Å². The number of aromatic nitrogens is 1. The molecule has 0 bridgehead atoms. The SMILES string of the molecule is Nc1ccc(CS(=O)(=O)NCc2ccon2)cc1. The van der Waals surface area contributed by atoms with E-state index in [0.717, 1.165) is 0 Å². The fourth-order valence-electron chi connectivity index (χ4n) is 1.40. The smallest absolute Gasteiger partial charge is 0.216 e. The van der Waals surface area contributed by atoms with Crippen LogP contribution < -0.4 is 10.5 Å². The molecule has 2 aromatic rings. The van der Waals surface area contributed by atoms with E-state index in [0.29, 0.717) is 16.9 Å². The molecule has 0 radical (unpaired) electrons. The maximum atomic E-state index is 11.8. The van der Waals surface area contributed by atoms with Crippen LogP contribution in [0.3, 0.4) is 0 Å². The van der Waals surface area contributed by atoms with Crippen LogP contribution in [0, 0.1) is 0 Å². The summed E-state index contributed by atoms with van der Waals surface area (Å²) in [5.41, 5.74) is 7.35. The fourth-order valence-corrected chi connectivity index (χ4v) is 2.50. The van der Waals surface area contributed by atoms with Gasteiger partial charge < -0.3 is 10.3 Å². The lowest BCUT2D eigenvalue weighted by molar-refractivity contribution is 0.411. The van der Waals surface area contributed by atoms with Gasteiger partial charge in [-0.3, -0.25) is 0 Å². The Kier molecular flexibility index (Phi) is 3.63. The highest BCUT2D eigenvalue weighted by Gasteiger charge is 2.11. The molecule has 0 saturated heterocycles. The number of sulfonamides is 1. The molecule has 0 aliphatic heterocycles. The summed E-state index contributed by atoms with van der Waals surface area (Å²) < 4.78 is 30.6. The van der Waals surface area contributed by atoms with E-state index in [2.05, 4.69) is 14.4 Å². The van der Waals surface area contributed by atoms with Gasteiger partial charge in [-0.25, -0.2) is 13.1 Å². The minimum atomic E-state index is -3.40. The molecule has 6 nitrogen and oxygen atoms in total. The zero-order valence-corrected chi connectivity index (χ0v) is 10.4. The van der Waals surface area contributed by atoms with Crippen LogP contribution in [0.2, 0.25) is 0 Å². The lowest BCUT2D eigenvalue weighted by Crippen LogP contribution is -2.24. The van der Waals surface area contributed by atoms with Gasteiger partial charge in [0.05, 0.1) is 18.0 Å². The van der Waals surface area contributed by atoms with Gasteiger partial charge in [-0.2, -0.15) is 0 Å². The van der Waals surface area contributed by atoms with Crippen molar-refractivity contribution in [2.45, 2.75) is 12.3 Å². The van der Waals surface area contributed by atoms with Crippen molar-refractivity contribution in [3.05, 3.63) is 47.9 Å². The van der Waals surface area contributed by atoms with E-state index in [9.17, 15) is 8.42 Å². The zero-order valence-electron chi connectivity index (χ0n) is 9.54. The van der Waals surface area contributed by atoms with E-state index < -0.39 is 10.0 Å². The molecule has 0 fully saturated rings. The zero-order chi connectivity index (χ0) is 13.0. The maximum Gasteiger partial charge on any atom is 0.216 e. The maximum absolute atomic E-state index is 11.8. The quantitative estimate of drug-likeness (QED) is 0.783. The van der Waals surface area contributed by atoms with E-state index in [1.165, 1.54) is 6.26 Å². The van der Waals surface area contributed by atoms with Gasteiger partial charge in [-0.1, -0.05) is 17.3 Å². The fraction of sp³-hybridized carbons (Fsp3) is 0.182. The van der Waals surface area contributed by atoms with Gasteiger partial charge in [0, 0.05) is 11.8 Å². The number of nitrogen functional groups attached to an aromatic ring is 1. The Balaban J connectivity index is 1.97. The topological polar surface area (TPSA) is 98.2 Å². The normalized spacial score (nSPS) is 11.6. The first-order valence-corrected chi connectivity index (χ1v) is 6.91. The van der Waals surface area contributed by atoms with Crippen molar-refractivity contribution in [1.29, 1.82) is 0 Å². The Labute approximate surface area is 105 Å². The highest BCUT2D eigenvalue weighted by molar-refractivity contribution is 7.88. The molecule has 0 saturated carbocycles. The lowest BCUT2D eigenvalue weighted by Gasteiger charge is -2.05. The van der Waals surface area contributed by atoms with Gasteiger partial charge in [0.2, 0.25) is 10.0 Å². The third-order valence-electron chi connectivity index (χ3n) is 2.30. The molecular formula is C11H13N3O3S. The van der Waals surface area contributed by atoms with Crippen molar-refractivity contribution in [3.8, 4) is 0 Å². The minimum Gasteiger partial charge on any atom is -0.399 e. The average Bonchev–Trinajstić information content (AvgIpc) is 2.83. The molecule has 3 N–H and O–H groups in total. The number of nitrogens with zero attached hydrogens (tertiary/aromatic N) is 1. The Morgan fingerprint density at radius 3 is 2.56 bits per heavy atom. The Morgan fingerprint density at radius 2 is 1.94 bits per heavy atom. The third-order valence-corrected chi connectivity index (χ3v) is 3.60. The average molecular weight is 267 g/mol. The van der Waals surface area contributed by atoms with E-state index in [1.807, 2.05) is 0 Å². The highest BCUT2D eigenvalue weighted by Crippen LogP contribution is 2.09. The van der Waals surface area contributed by atoms with Crippen LogP contribution in [0.4, 0.5) is 5.69 Å². The molecule has 2 rings (SSSR count). The summed E-state index contributed by atoms with van der Waals surface area (Å²) in [6, 6.07) is 8.31. The molecule has 1 aromatic heterocycles. The lowest BCUT2D eigenvalue weighted by atomic mass is 10.2. The molecule has 0 spiro atoms. The standard InChI is InChI=1S/C11H13N3O3S/c12-10-3-1-9(2-4-10)8-18(15,16)13-7-11-5-6-17-14-11/h1-6,13H,7-8,12H2. The van der Waals surface area contributed by atoms with Crippen LogP contribution in [0.1, 0.15) is 11.3 Å². The summed E-state index contributed by atoms with van der Waals surface area (Å²) >= 11 is 0. The molecule has 1 heterocycles. The molecule has 0 unspecified atom stereocenters. The van der Waals surface area contributed by atoms with Gasteiger partial charge in [0.1, 0.15) is 6.26 Å². The summed E-state index contributed by atoms with van der Waals surface area (Å²) in [6.07, 6.45) is 1.39. The van der Waals surface area contributed by atoms with Crippen LogP contribution in [0.15, 0.2) is 41.1 Å². The van der Waals surface area contributed by atoms with E-state index in [-0.39, 0.29) is 12.3 Å². The molecule has 0 aliphatic carbocycles. The van der Waals surface area contributed by atoms with Crippen molar-refractivity contribution < 1.29 is 12.9 Å². The summed E-state index contributed by atoms with van der Waals surface area (Å²) in [4.78, 5) is 0. The van der Waals surface area contributed by atoms with Crippen molar-refractivity contribution in [1.82, 2.24) is 9.88 Å². The molecule has 0 aliphatic rings. The van der Waals surface area contributed by atoms with Crippen LogP contribution >= 0.6 is 0 Å². The number of benzene rings is 1. The summed E-state index contributed by atoms with van der Waals surface area (Å²) in [5.74, 6) is -0.0921. The number of hydrogen-bond donors (Lipinski definition) is 2. The summed E-state index contributed by atoms with van der Waals surface area (Å²) in [7, 11) is -3.40. The van der Waals surface area contributed by atoms with Gasteiger partial charge in [0.15, 0.2) is 0 Å². The van der Waals surface area contributed by atoms with Crippen molar-refractivity contribution in [3.63, 3.8) is 0 Å². The number of hydrogen-bond acceptors (Lipinski definition) is 5. The van der Waals surface area contributed by atoms with Crippen molar-refractivity contribution >= 4 is 15.7 Å². The Hall–Kier alpha value is -1.86. The molecule has 18 heavy (non-hydrogen) atoms. The Morgan fingerprint density at radius 1 is 1.22 bits per heavy atom.